The third-order valence-electron chi connectivity index (χ3n) is 4.62. The van der Waals surface area contributed by atoms with Crippen molar-refractivity contribution in [2.24, 2.45) is 0 Å². The molecule has 0 saturated carbocycles. The van der Waals surface area contributed by atoms with Gasteiger partial charge < -0.3 is 14.4 Å². The highest BCUT2D eigenvalue weighted by Crippen LogP contribution is 2.26. The fourth-order valence-electron chi connectivity index (χ4n) is 3.25. The topological polar surface area (TPSA) is 38.8 Å². The van der Waals surface area contributed by atoms with E-state index in [0.29, 0.717) is 41.9 Å². The lowest BCUT2D eigenvalue weighted by Gasteiger charge is -2.26. The summed E-state index contributed by atoms with van der Waals surface area (Å²) in [5.74, 6) is -1.92. The Morgan fingerprint density at radius 2 is 2.00 bits per heavy atom. The summed E-state index contributed by atoms with van der Waals surface area (Å²) >= 11 is 0.466. The summed E-state index contributed by atoms with van der Waals surface area (Å²) in [7, 11) is 1.60. The first-order valence-corrected chi connectivity index (χ1v) is 10.0. The third-order valence-corrected chi connectivity index (χ3v) is 5.34. The van der Waals surface area contributed by atoms with E-state index in [2.05, 4.69) is 0 Å². The Hall–Kier alpha value is -2.12. The average Bonchev–Trinajstić information content (AvgIpc) is 3.20. The largest absolute Gasteiger partial charge is 0.496 e. The van der Waals surface area contributed by atoms with Gasteiger partial charge in [0.2, 0.25) is 0 Å². The summed E-state index contributed by atoms with van der Waals surface area (Å²) in [5, 5.41) is 0. The lowest BCUT2D eigenvalue weighted by Crippen LogP contribution is -2.37. The van der Waals surface area contributed by atoms with Crippen molar-refractivity contribution in [1.29, 1.82) is 0 Å². The molecule has 3 rings (SSSR count). The lowest BCUT2D eigenvalue weighted by atomic mass is 10.1. The van der Waals surface area contributed by atoms with Crippen LogP contribution in [0, 0.1) is 0 Å². The minimum Gasteiger partial charge on any atom is -0.496 e. The minimum absolute atomic E-state index is 0.00678. The number of benzene rings is 2. The fourth-order valence-corrected chi connectivity index (χ4v) is 3.75. The average molecular weight is 407 g/mol. The molecule has 0 spiro atoms. The Morgan fingerprint density at radius 3 is 2.64 bits per heavy atom. The minimum atomic E-state index is -2.48. The Kier molecular flexibility index (Phi) is 7.28. The SMILES string of the molecule is COc1ccccc1CN(CC1CCCO1)C(=O)c1ccc(SC(F)F)cc1. The van der Waals surface area contributed by atoms with Gasteiger partial charge in [-0.15, -0.1) is 0 Å². The molecule has 1 aliphatic heterocycles. The van der Waals surface area contributed by atoms with E-state index in [-0.39, 0.29) is 12.0 Å². The molecule has 2 aromatic rings. The van der Waals surface area contributed by atoms with E-state index >= 15 is 0 Å². The first-order chi connectivity index (χ1) is 13.6. The van der Waals surface area contributed by atoms with Crippen LogP contribution >= 0.6 is 11.8 Å². The van der Waals surface area contributed by atoms with Crippen LogP contribution in [0.1, 0.15) is 28.8 Å². The van der Waals surface area contributed by atoms with Crippen LogP contribution in [0.3, 0.4) is 0 Å². The molecule has 0 aromatic heterocycles. The second kappa shape index (κ2) is 9.89. The number of ether oxygens (including phenoxy) is 2. The van der Waals surface area contributed by atoms with Crippen LogP contribution < -0.4 is 4.74 Å². The third kappa shape index (κ3) is 5.45. The van der Waals surface area contributed by atoms with Crippen LogP contribution in [-0.4, -0.2) is 42.9 Å². The van der Waals surface area contributed by atoms with Crippen LogP contribution in [0.2, 0.25) is 0 Å². The fraction of sp³-hybridized carbons (Fsp3) is 0.381. The van der Waals surface area contributed by atoms with E-state index in [9.17, 15) is 13.6 Å². The Morgan fingerprint density at radius 1 is 1.25 bits per heavy atom. The number of para-hydroxylation sites is 1. The zero-order valence-electron chi connectivity index (χ0n) is 15.6. The highest BCUT2D eigenvalue weighted by atomic mass is 32.2. The number of hydrogen-bond donors (Lipinski definition) is 0. The number of carbonyl (C=O) groups is 1. The monoisotopic (exact) mass is 407 g/mol. The van der Waals surface area contributed by atoms with Crippen molar-refractivity contribution in [3.05, 3.63) is 59.7 Å². The van der Waals surface area contributed by atoms with Crippen molar-refractivity contribution in [3.8, 4) is 5.75 Å². The van der Waals surface area contributed by atoms with Gasteiger partial charge in [0, 0.05) is 35.7 Å². The number of nitrogens with zero attached hydrogens (tertiary/aromatic N) is 1. The molecule has 150 valence electrons. The first kappa shape index (κ1) is 20.6. The molecule has 7 heteroatoms. The number of rotatable bonds is 8. The predicted molar refractivity (Wildman–Crippen MR) is 105 cm³/mol. The van der Waals surface area contributed by atoms with Gasteiger partial charge in [-0.25, -0.2) is 0 Å². The second-order valence-electron chi connectivity index (χ2n) is 6.54. The number of thioether (sulfide) groups is 1. The molecule has 1 unspecified atom stereocenters. The van der Waals surface area contributed by atoms with Crippen molar-refractivity contribution in [3.63, 3.8) is 0 Å². The van der Waals surface area contributed by atoms with Crippen LogP contribution in [0.25, 0.3) is 0 Å². The van der Waals surface area contributed by atoms with Crippen LogP contribution in [0.15, 0.2) is 53.4 Å². The predicted octanol–water partition coefficient (Wildman–Crippen LogP) is 4.83. The first-order valence-electron chi connectivity index (χ1n) is 9.14. The van der Waals surface area contributed by atoms with Gasteiger partial charge in [-0.2, -0.15) is 8.78 Å². The summed E-state index contributed by atoms with van der Waals surface area (Å²) < 4.78 is 36.1. The number of carbonyl (C=O) groups excluding carboxylic acids is 1. The van der Waals surface area contributed by atoms with Gasteiger partial charge in [-0.1, -0.05) is 30.0 Å². The van der Waals surface area contributed by atoms with Gasteiger partial charge in [-0.05, 0) is 43.2 Å². The smallest absolute Gasteiger partial charge is 0.288 e. The normalized spacial score (nSPS) is 16.4. The molecule has 1 amide bonds. The van der Waals surface area contributed by atoms with Crippen LogP contribution in [-0.2, 0) is 11.3 Å². The molecule has 1 saturated heterocycles. The zero-order chi connectivity index (χ0) is 19.9. The van der Waals surface area contributed by atoms with E-state index < -0.39 is 5.76 Å². The van der Waals surface area contributed by atoms with Crippen molar-refractivity contribution in [1.82, 2.24) is 4.90 Å². The molecule has 0 bridgehead atoms. The summed E-state index contributed by atoms with van der Waals surface area (Å²) in [5.41, 5.74) is 1.37. The van der Waals surface area contributed by atoms with Crippen molar-refractivity contribution in [2.45, 2.75) is 36.1 Å². The van der Waals surface area contributed by atoms with Crippen molar-refractivity contribution in [2.75, 3.05) is 20.3 Å². The summed E-state index contributed by atoms with van der Waals surface area (Å²) in [6.45, 7) is 1.57. The number of halogens is 2. The number of hydrogen-bond acceptors (Lipinski definition) is 4. The quantitative estimate of drug-likeness (QED) is 0.588. The van der Waals surface area contributed by atoms with Gasteiger partial charge in [0.05, 0.1) is 13.2 Å². The van der Waals surface area contributed by atoms with Gasteiger partial charge in [0.1, 0.15) is 5.75 Å². The van der Waals surface area contributed by atoms with Gasteiger partial charge in [0.25, 0.3) is 11.7 Å². The van der Waals surface area contributed by atoms with Gasteiger partial charge in [0.15, 0.2) is 0 Å². The lowest BCUT2D eigenvalue weighted by molar-refractivity contribution is 0.0505. The van der Waals surface area contributed by atoms with Gasteiger partial charge >= 0.3 is 0 Å². The van der Waals surface area contributed by atoms with Gasteiger partial charge in [-0.3, -0.25) is 4.79 Å². The van der Waals surface area contributed by atoms with Crippen LogP contribution in [0.5, 0.6) is 5.75 Å². The molecule has 2 aromatic carbocycles. The maximum Gasteiger partial charge on any atom is 0.288 e. The Bertz CT molecular complexity index is 779. The van der Waals surface area contributed by atoms with E-state index in [1.54, 1.807) is 36.3 Å². The summed E-state index contributed by atoms with van der Waals surface area (Å²) in [4.78, 5) is 15.3. The summed E-state index contributed by atoms with van der Waals surface area (Å²) in [6.07, 6.45) is 1.91. The molecule has 0 N–H and O–H groups in total. The zero-order valence-corrected chi connectivity index (χ0v) is 16.5. The molecule has 28 heavy (non-hydrogen) atoms. The molecule has 0 aliphatic carbocycles. The molecule has 1 atom stereocenters. The van der Waals surface area contributed by atoms with E-state index in [1.165, 1.54) is 0 Å². The van der Waals surface area contributed by atoms with Crippen molar-refractivity contribution < 1.29 is 23.0 Å². The molecule has 1 heterocycles. The molecular weight excluding hydrogens is 384 g/mol. The summed E-state index contributed by atoms with van der Waals surface area (Å²) in [6, 6.07) is 13.9. The van der Waals surface area contributed by atoms with E-state index in [4.69, 9.17) is 9.47 Å². The number of alkyl halides is 2. The molecule has 4 nitrogen and oxygen atoms in total. The molecule has 1 fully saturated rings. The molecule has 1 aliphatic rings. The Labute approximate surface area is 167 Å². The number of methoxy groups -OCH3 is 1. The standard InChI is InChI=1S/C21H23F2NO3S/c1-26-19-7-3-2-5-16(19)13-24(14-17-6-4-12-27-17)20(25)15-8-10-18(11-9-15)28-21(22)23/h2-3,5,7-11,17,21H,4,6,12-14H2,1H3. The highest BCUT2D eigenvalue weighted by Gasteiger charge is 2.24. The second-order valence-corrected chi connectivity index (χ2v) is 7.60. The van der Waals surface area contributed by atoms with Crippen molar-refractivity contribution >= 4 is 17.7 Å². The maximum absolute atomic E-state index is 13.1. The Balaban J connectivity index is 1.79. The highest BCUT2D eigenvalue weighted by molar-refractivity contribution is 7.99. The maximum atomic E-state index is 13.1. The molecule has 0 radical (unpaired) electrons. The van der Waals surface area contributed by atoms with Crippen LogP contribution in [0.4, 0.5) is 8.78 Å². The van der Waals surface area contributed by atoms with E-state index in [1.807, 2.05) is 24.3 Å². The van der Waals surface area contributed by atoms with E-state index in [0.717, 1.165) is 24.2 Å². The number of amides is 1. The molecular formula is C21H23F2NO3S.